The molecule has 5 rings (SSSR count). The van der Waals surface area contributed by atoms with Gasteiger partial charge in [-0.3, -0.25) is 0 Å². The average molecular weight is 1550 g/mol. The molecule has 1 saturated heterocycles. The van der Waals surface area contributed by atoms with E-state index in [1.54, 1.807) is 33.4 Å². The molecule has 1 aliphatic rings. The maximum absolute atomic E-state index is 3.88. The molecule has 1 fully saturated rings. The third-order valence-corrected chi connectivity index (χ3v) is 169. The van der Waals surface area contributed by atoms with Crippen LogP contribution in [-0.4, -0.2) is 119 Å². The summed E-state index contributed by atoms with van der Waals surface area (Å²) in [5.41, 5.74) is 20.6. The zero-order chi connectivity index (χ0) is 68.8. The second-order valence-corrected chi connectivity index (χ2v) is 150. The molecule has 0 spiro atoms. The van der Waals surface area contributed by atoms with Crippen molar-refractivity contribution in [3.05, 3.63) is 115 Å². The number of hydrogen-bond acceptors (Lipinski definition) is 2. The summed E-state index contributed by atoms with van der Waals surface area (Å²) in [6, 6.07) is 23.2. The molecule has 0 aromatic heterocycles. The molecule has 1 aliphatic heterocycles. The number of aryl methyl sites for hydroxylation is 6. The molecule has 0 amide bonds. The van der Waals surface area contributed by atoms with E-state index in [9.17, 15) is 0 Å². The fraction of sp³-hybridized carbons (Fsp3) is 0.667. The van der Waals surface area contributed by atoms with Crippen molar-refractivity contribution in [1.82, 2.24) is 0 Å². The first-order valence-corrected chi connectivity index (χ1v) is 93.7. The molecule has 0 nitrogen and oxygen atoms in total. The van der Waals surface area contributed by atoms with E-state index in [0.717, 1.165) is 0 Å². The zero-order valence-corrected chi connectivity index (χ0v) is 83.7. The fourth-order valence-electron chi connectivity index (χ4n) is 21.4. The normalized spacial score (nSPS) is 18.7. The summed E-state index contributed by atoms with van der Waals surface area (Å²) in [5.74, 6) is 0. The van der Waals surface area contributed by atoms with Crippen LogP contribution in [0.5, 0.6) is 0 Å². The van der Waals surface area contributed by atoms with Crippen LogP contribution in [0.15, 0.2) is 48.5 Å². The second kappa shape index (κ2) is 25.8. The Kier molecular flexibility index (Phi) is 23.5. The Bertz CT molecular complexity index is 2760. The van der Waals surface area contributed by atoms with Gasteiger partial charge in [-0.25, -0.2) is 0 Å². The van der Waals surface area contributed by atoms with Crippen LogP contribution in [0.1, 0.15) is 97.7 Å². The molecular weight excluding hydrogens is 1410 g/mol. The van der Waals surface area contributed by atoms with Gasteiger partial charge in [-0.1, -0.05) is 0 Å². The van der Waals surface area contributed by atoms with Gasteiger partial charge in [0.05, 0.1) is 0 Å². The molecule has 0 saturated carbocycles. The molecule has 0 atom stereocenters. The summed E-state index contributed by atoms with van der Waals surface area (Å²) >= 11 is 0. The van der Waals surface area contributed by atoms with Gasteiger partial charge in [0.2, 0.25) is 0 Å². The zero-order valence-electron chi connectivity index (χ0n) is 65.9. The topological polar surface area (TPSA) is 0 Å². The molecule has 4 aromatic rings. The molecule has 1 heterocycles. The van der Waals surface area contributed by atoms with Crippen LogP contribution < -0.4 is 17.6 Å². The Balaban J connectivity index is 2.47. The van der Waals surface area contributed by atoms with Crippen LogP contribution in [0, 0.1) is 41.5 Å². The summed E-state index contributed by atoms with van der Waals surface area (Å²) in [7, 11) is -24.1. The van der Waals surface area contributed by atoms with Crippen LogP contribution in [0.2, 0.25) is 236 Å². The van der Waals surface area contributed by atoms with Gasteiger partial charge in [-0.05, 0) is 0 Å². The van der Waals surface area contributed by atoms with Gasteiger partial charge >= 0.3 is 577 Å². The van der Waals surface area contributed by atoms with Gasteiger partial charge in [-0.2, -0.15) is 0 Å². The molecular formula is C72H140Ge2S2Si12. The van der Waals surface area contributed by atoms with E-state index in [1.165, 1.54) is 11.1 Å². The van der Waals surface area contributed by atoms with Gasteiger partial charge in [0.25, 0.3) is 0 Å². The van der Waals surface area contributed by atoms with Crippen molar-refractivity contribution in [3.63, 3.8) is 0 Å². The molecule has 0 N–H and O–H groups in total. The standard InChI is InChI=1S/C72H140Ge2S2Si12/c1-51-43-53(3)63(54(4)44-51)73(65-59(69(81(19,20)21)82(22,23)24)47-57(67(77(7,8)9)78(10,11)12)48-60(65)70(83(25,26)27)84(28,29)30)75-74(76-73,64-55(5)45-52(2)46-56(64)6)66-61(71(85(31,32)33)86(34,35)36)49-58(68(79(13,14)15)80(16,17)18)50-62(66)72(87(37,38)39)88(40,41)42/h43-50,67-72H,1-42H3. The molecule has 0 unspecified atom stereocenters. The maximum atomic E-state index is 3.12. The third kappa shape index (κ3) is 16.7. The first kappa shape index (κ1) is 80.0. The van der Waals surface area contributed by atoms with E-state index in [-0.39, 0.29) is 0 Å². The minimum absolute atomic E-state index is 0.637. The van der Waals surface area contributed by atoms with E-state index in [1.807, 2.05) is 39.8 Å². The molecule has 496 valence electrons. The number of benzene rings is 4. The van der Waals surface area contributed by atoms with Gasteiger partial charge in [0.15, 0.2) is 0 Å². The second-order valence-electron chi connectivity index (χ2n) is 42.1. The van der Waals surface area contributed by atoms with Crippen LogP contribution in [-0.2, 0) is 0 Å². The predicted octanol–water partition coefficient (Wildman–Crippen LogP) is 22.9. The van der Waals surface area contributed by atoms with Crippen molar-refractivity contribution in [1.29, 1.82) is 0 Å². The van der Waals surface area contributed by atoms with E-state index < -0.39 is 119 Å². The SMILES string of the molecule is Cc1cc(C)[c]([Ge]2([c]3c(C([Si](C)(C)C)[Si](C)(C)C)cc(C([Si](C)(C)C)[Si](C)(C)C)cc3C([Si](C)(C)C)[Si](C)(C)C)[S][Ge]([c]3c(C)cc(C)cc3C)([c]3c(C([Si](C)(C)C)[Si](C)(C)C)cc(C([Si](C)(C)C)[Si](C)(C)C)cc3C([Si](C)(C)C)[Si](C)(C)C)[S]2)c(C)c1. The Hall–Kier alpha value is 1.27. The van der Waals surface area contributed by atoms with Gasteiger partial charge < -0.3 is 0 Å². The van der Waals surface area contributed by atoms with Crippen LogP contribution in [0.4, 0.5) is 0 Å². The van der Waals surface area contributed by atoms with Crippen LogP contribution in [0.25, 0.3) is 0 Å². The Morgan fingerprint density at radius 3 is 0.500 bits per heavy atom. The van der Waals surface area contributed by atoms with E-state index in [0.29, 0.717) is 31.0 Å². The first-order valence-electron chi connectivity index (χ1n) is 34.6. The van der Waals surface area contributed by atoms with E-state index >= 15 is 0 Å². The molecule has 0 bridgehead atoms. The molecule has 0 radical (unpaired) electrons. The van der Waals surface area contributed by atoms with Gasteiger partial charge in [0, 0.05) is 0 Å². The molecule has 88 heavy (non-hydrogen) atoms. The van der Waals surface area contributed by atoms with Crippen molar-refractivity contribution < 1.29 is 0 Å². The van der Waals surface area contributed by atoms with Gasteiger partial charge in [0.1, 0.15) is 0 Å². The van der Waals surface area contributed by atoms with E-state index in [2.05, 4.69) is 343 Å². The summed E-state index contributed by atoms with van der Waals surface area (Å²) in [4.78, 5) is 0. The minimum atomic E-state index is -3.88. The summed E-state index contributed by atoms with van der Waals surface area (Å²) in [6.07, 6.45) is 0. The van der Waals surface area contributed by atoms with Crippen molar-refractivity contribution >= 4 is 153 Å². The third-order valence-electron chi connectivity index (χ3n) is 20.0. The van der Waals surface area contributed by atoms with Gasteiger partial charge in [-0.15, -0.1) is 0 Å². The summed E-state index contributed by atoms with van der Waals surface area (Å²) in [5, 5.41) is 3.91. The van der Waals surface area contributed by atoms with Crippen molar-refractivity contribution in [2.45, 2.75) is 308 Å². The number of hydrogen-bond donors (Lipinski definition) is 0. The predicted molar refractivity (Wildman–Crippen MR) is 456 cm³/mol. The Morgan fingerprint density at radius 1 is 0.216 bits per heavy atom. The van der Waals surface area contributed by atoms with Crippen LogP contribution >= 0.6 is 16.8 Å². The van der Waals surface area contributed by atoms with Crippen molar-refractivity contribution in [2.75, 3.05) is 0 Å². The van der Waals surface area contributed by atoms with E-state index in [4.69, 9.17) is 0 Å². The average Bonchev–Trinajstić information content (AvgIpc) is 3.15. The van der Waals surface area contributed by atoms with Crippen molar-refractivity contribution in [2.24, 2.45) is 0 Å². The monoisotopic (exact) mass is 1550 g/mol. The Morgan fingerprint density at radius 2 is 0.364 bits per heavy atom. The quantitative estimate of drug-likeness (QED) is 0.0720. The van der Waals surface area contributed by atoms with Crippen molar-refractivity contribution in [3.8, 4) is 0 Å². The molecule has 0 aliphatic carbocycles. The van der Waals surface area contributed by atoms with Crippen LogP contribution in [0.3, 0.4) is 0 Å². The molecule has 4 aromatic carbocycles. The fourth-order valence-corrected chi connectivity index (χ4v) is 222. The molecule has 16 heteroatoms. The summed E-state index contributed by atoms with van der Waals surface area (Å²) < 4.78 is 7.78. The Labute approximate surface area is 570 Å². The first-order chi connectivity index (χ1) is 38.7. The number of rotatable bonds is 22. The summed E-state index contributed by atoms with van der Waals surface area (Å²) in [6.45, 7) is 116.